The van der Waals surface area contributed by atoms with E-state index in [0.717, 1.165) is 17.8 Å². The van der Waals surface area contributed by atoms with Gasteiger partial charge in [0.15, 0.2) is 0 Å². The zero-order valence-corrected chi connectivity index (χ0v) is 11.2. The molecule has 1 unspecified atom stereocenters. The van der Waals surface area contributed by atoms with Crippen molar-refractivity contribution in [1.29, 1.82) is 5.26 Å². The zero-order chi connectivity index (χ0) is 12.8. The van der Waals surface area contributed by atoms with Gasteiger partial charge in [-0.3, -0.25) is 0 Å². The summed E-state index contributed by atoms with van der Waals surface area (Å²) in [6.07, 6.45) is 1.06. The molecule has 0 spiro atoms. The Bertz CT molecular complexity index is 525. The molecule has 0 saturated carbocycles. The van der Waals surface area contributed by atoms with Crippen LogP contribution in [0.5, 0.6) is 0 Å². The van der Waals surface area contributed by atoms with Crippen molar-refractivity contribution in [2.45, 2.75) is 25.9 Å². The van der Waals surface area contributed by atoms with E-state index in [-0.39, 0.29) is 0 Å². The number of benzene rings is 1. The second-order valence-corrected chi connectivity index (χ2v) is 5.30. The highest BCUT2D eigenvalue weighted by atomic mass is 32.1. The molecule has 3 heteroatoms. The Morgan fingerprint density at radius 3 is 2.61 bits per heavy atom. The van der Waals surface area contributed by atoms with Crippen molar-refractivity contribution in [3.63, 3.8) is 0 Å². The fourth-order valence-corrected chi connectivity index (χ4v) is 2.70. The molecule has 92 valence electrons. The summed E-state index contributed by atoms with van der Waals surface area (Å²) in [6, 6.07) is 16.9. The minimum atomic E-state index is 0.374. The number of rotatable bonds is 5. The van der Waals surface area contributed by atoms with Gasteiger partial charge in [0.25, 0.3) is 0 Å². The molecule has 0 fully saturated rings. The van der Waals surface area contributed by atoms with Crippen LogP contribution in [0.4, 0.5) is 0 Å². The zero-order valence-electron chi connectivity index (χ0n) is 10.4. The Balaban J connectivity index is 1.98. The van der Waals surface area contributed by atoms with E-state index in [9.17, 15) is 0 Å². The third-order valence-electron chi connectivity index (χ3n) is 2.90. The molecule has 0 aliphatic heterocycles. The Morgan fingerprint density at radius 1 is 1.22 bits per heavy atom. The summed E-state index contributed by atoms with van der Waals surface area (Å²) in [5, 5.41) is 12.3. The van der Waals surface area contributed by atoms with Crippen LogP contribution in [0.25, 0.3) is 0 Å². The van der Waals surface area contributed by atoms with Crippen molar-refractivity contribution in [3.8, 4) is 6.07 Å². The van der Waals surface area contributed by atoms with Crippen molar-refractivity contribution < 1.29 is 0 Å². The highest BCUT2D eigenvalue weighted by Crippen LogP contribution is 2.19. The van der Waals surface area contributed by atoms with Crippen LogP contribution >= 0.6 is 11.3 Å². The van der Waals surface area contributed by atoms with Gasteiger partial charge >= 0.3 is 0 Å². The van der Waals surface area contributed by atoms with Crippen LogP contribution in [0.2, 0.25) is 0 Å². The highest BCUT2D eigenvalue weighted by molar-refractivity contribution is 7.12. The Labute approximate surface area is 112 Å². The molecule has 0 radical (unpaired) electrons. The van der Waals surface area contributed by atoms with Gasteiger partial charge in [0.2, 0.25) is 0 Å². The lowest BCUT2D eigenvalue weighted by Gasteiger charge is -2.16. The molecule has 0 saturated heterocycles. The summed E-state index contributed by atoms with van der Waals surface area (Å²) < 4.78 is 0. The topological polar surface area (TPSA) is 35.8 Å². The first-order valence-electron chi connectivity index (χ1n) is 6.10. The quantitative estimate of drug-likeness (QED) is 0.881. The van der Waals surface area contributed by atoms with Crippen LogP contribution in [0.1, 0.15) is 34.7 Å². The number of thiophene rings is 1. The molecule has 2 rings (SSSR count). The third-order valence-corrected chi connectivity index (χ3v) is 3.89. The van der Waals surface area contributed by atoms with E-state index < -0.39 is 0 Å². The van der Waals surface area contributed by atoms with Crippen LogP contribution in [-0.4, -0.2) is 0 Å². The molecule has 1 aromatic heterocycles. The van der Waals surface area contributed by atoms with E-state index in [2.05, 4.69) is 42.6 Å². The van der Waals surface area contributed by atoms with E-state index in [4.69, 9.17) is 5.26 Å². The minimum Gasteiger partial charge on any atom is -0.305 e. The molecule has 2 nitrogen and oxygen atoms in total. The predicted octanol–water partition coefficient (Wildman–Crippen LogP) is 3.86. The van der Waals surface area contributed by atoms with Gasteiger partial charge in [-0.05, 0) is 24.1 Å². The van der Waals surface area contributed by atoms with Gasteiger partial charge in [-0.15, -0.1) is 11.3 Å². The molecule has 1 N–H and O–H groups in total. The molecule has 2 aromatic rings. The van der Waals surface area contributed by atoms with Gasteiger partial charge in [-0.2, -0.15) is 5.26 Å². The van der Waals surface area contributed by atoms with Crippen LogP contribution in [0, 0.1) is 11.3 Å². The van der Waals surface area contributed by atoms with Gasteiger partial charge in [-0.1, -0.05) is 37.3 Å². The van der Waals surface area contributed by atoms with Crippen LogP contribution < -0.4 is 5.32 Å². The average Bonchev–Trinajstić information content (AvgIpc) is 2.89. The lowest BCUT2D eigenvalue weighted by atomic mass is 10.0. The molecule has 1 atom stereocenters. The van der Waals surface area contributed by atoms with E-state index >= 15 is 0 Å². The summed E-state index contributed by atoms with van der Waals surface area (Å²) in [5.41, 5.74) is 1.32. The van der Waals surface area contributed by atoms with Crippen molar-refractivity contribution in [1.82, 2.24) is 5.32 Å². The van der Waals surface area contributed by atoms with Crippen molar-refractivity contribution in [2.75, 3.05) is 0 Å². The lowest BCUT2D eigenvalue weighted by molar-refractivity contribution is 0.522. The normalized spacial score (nSPS) is 12.0. The summed E-state index contributed by atoms with van der Waals surface area (Å²) in [7, 11) is 0. The van der Waals surface area contributed by atoms with E-state index in [0.29, 0.717) is 6.04 Å². The third kappa shape index (κ3) is 3.19. The monoisotopic (exact) mass is 256 g/mol. The van der Waals surface area contributed by atoms with Crippen molar-refractivity contribution >= 4 is 11.3 Å². The molecule has 0 bridgehead atoms. The minimum absolute atomic E-state index is 0.374. The second kappa shape index (κ2) is 6.34. The maximum Gasteiger partial charge on any atom is 0.110 e. The van der Waals surface area contributed by atoms with Gasteiger partial charge in [0, 0.05) is 17.5 Å². The van der Waals surface area contributed by atoms with Gasteiger partial charge in [0.05, 0.1) is 0 Å². The Morgan fingerprint density at radius 2 is 2.00 bits per heavy atom. The first-order valence-corrected chi connectivity index (χ1v) is 6.92. The van der Waals surface area contributed by atoms with Gasteiger partial charge < -0.3 is 5.32 Å². The summed E-state index contributed by atoms with van der Waals surface area (Å²) in [5.74, 6) is 0. The van der Waals surface area contributed by atoms with Crippen LogP contribution in [-0.2, 0) is 6.54 Å². The molecule has 0 aliphatic rings. The molecular formula is C15H16N2S. The SMILES string of the molecule is CCC(NCc1ccc(C#N)s1)c1ccccc1. The molecule has 0 aliphatic carbocycles. The maximum atomic E-state index is 8.79. The van der Waals surface area contributed by atoms with Gasteiger partial charge in [0.1, 0.15) is 10.9 Å². The average molecular weight is 256 g/mol. The largest absolute Gasteiger partial charge is 0.305 e. The smallest absolute Gasteiger partial charge is 0.110 e. The maximum absolute atomic E-state index is 8.79. The Hall–Kier alpha value is -1.63. The number of nitrogens with zero attached hydrogens (tertiary/aromatic N) is 1. The molecule has 0 amide bonds. The summed E-state index contributed by atoms with van der Waals surface area (Å²) in [4.78, 5) is 1.99. The van der Waals surface area contributed by atoms with Crippen molar-refractivity contribution in [3.05, 3.63) is 57.8 Å². The predicted molar refractivity (Wildman–Crippen MR) is 75.3 cm³/mol. The van der Waals surface area contributed by atoms with Crippen LogP contribution in [0.3, 0.4) is 0 Å². The Kier molecular flexibility index (Phi) is 4.52. The summed E-state index contributed by atoms with van der Waals surface area (Å²) in [6.45, 7) is 3.00. The van der Waals surface area contributed by atoms with E-state index in [1.165, 1.54) is 10.4 Å². The number of nitrogens with one attached hydrogen (secondary N) is 1. The van der Waals surface area contributed by atoms with E-state index in [1.54, 1.807) is 11.3 Å². The number of hydrogen-bond acceptors (Lipinski definition) is 3. The van der Waals surface area contributed by atoms with Crippen LogP contribution in [0.15, 0.2) is 42.5 Å². The number of hydrogen-bond donors (Lipinski definition) is 1. The van der Waals surface area contributed by atoms with Crippen molar-refractivity contribution in [2.24, 2.45) is 0 Å². The first-order chi connectivity index (χ1) is 8.83. The standard InChI is InChI=1S/C15H16N2S/c1-2-15(12-6-4-3-5-7-12)17-11-14-9-8-13(10-16)18-14/h3-9,15,17H,2,11H2,1H3. The molecule has 1 heterocycles. The first kappa shape index (κ1) is 12.8. The second-order valence-electron chi connectivity index (χ2n) is 4.13. The fraction of sp³-hybridized carbons (Fsp3) is 0.267. The van der Waals surface area contributed by atoms with E-state index in [1.807, 2.05) is 18.2 Å². The summed E-state index contributed by atoms with van der Waals surface area (Å²) >= 11 is 1.56. The van der Waals surface area contributed by atoms with Gasteiger partial charge in [-0.25, -0.2) is 0 Å². The molecule has 18 heavy (non-hydrogen) atoms. The lowest BCUT2D eigenvalue weighted by Crippen LogP contribution is -2.19. The highest BCUT2D eigenvalue weighted by Gasteiger charge is 2.08. The molecule has 1 aromatic carbocycles. The fourth-order valence-electron chi connectivity index (χ4n) is 1.94. The molecular weight excluding hydrogens is 240 g/mol. The number of nitriles is 1.